The molecular formula is C10H12O2S. The standard InChI is InChI=1S/C10H12O2S/c1-2-12-10(11)8-6-13-9-5-3-4-7(8)9/h6H,2-5H2,1H3. The third kappa shape index (κ3) is 1.48. The Kier molecular flexibility index (Phi) is 2.36. The average Bonchev–Trinajstić information content (AvgIpc) is 2.62. The van der Waals surface area contributed by atoms with E-state index in [1.807, 2.05) is 12.3 Å². The Hall–Kier alpha value is -0.830. The lowest BCUT2D eigenvalue weighted by molar-refractivity contribution is 0.0526. The van der Waals surface area contributed by atoms with E-state index in [-0.39, 0.29) is 5.97 Å². The minimum absolute atomic E-state index is 0.151. The van der Waals surface area contributed by atoms with Crippen LogP contribution in [0, 0.1) is 0 Å². The van der Waals surface area contributed by atoms with Gasteiger partial charge in [0.25, 0.3) is 0 Å². The number of thiophene rings is 1. The van der Waals surface area contributed by atoms with Gasteiger partial charge in [-0.1, -0.05) is 0 Å². The van der Waals surface area contributed by atoms with Crippen LogP contribution in [0.3, 0.4) is 0 Å². The zero-order valence-electron chi connectivity index (χ0n) is 7.63. The summed E-state index contributed by atoms with van der Waals surface area (Å²) in [4.78, 5) is 12.8. The molecule has 1 aromatic heterocycles. The number of esters is 1. The topological polar surface area (TPSA) is 26.3 Å². The number of hydrogen-bond donors (Lipinski definition) is 0. The summed E-state index contributed by atoms with van der Waals surface area (Å²) in [5.41, 5.74) is 2.04. The molecule has 1 aliphatic carbocycles. The van der Waals surface area contributed by atoms with Crippen molar-refractivity contribution in [3.8, 4) is 0 Å². The summed E-state index contributed by atoms with van der Waals surface area (Å²) < 4.78 is 4.98. The second-order valence-corrected chi connectivity index (χ2v) is 4.09. The van der Waals surface area contributed by atoms with Crippen LogP contribution >= 0.6 is 11.3 Å². The van der Waals surface area contributed by atoms with Crippen molar-refractivity contribution in [3.05, 3.63) is 21.4 Å². The molecule has 0 radical (unpaired) electrons. The summed E-state index contributed by atoms with van der Waals surface area (Å²) in [6.45, 7) is 2.30. The van der Waals surface area contributed by atoms with E-state index in [9.17, 15) is 4.79 Å². The van der Waals surface area contributed by atoms with E-state index in [0.29, 0.717) is 6.61 Å². The van der Waals surface area contributed by atoms with Crippen molar-refractivity contribution < 1.29 is 9.53 Å². The van der Waals surface area contributed by atoms with Gasteiger partial charge in [0.1, 0.15) is 0 Å². The van der Waals surface area contributed by atoms with E-state index < -0.39 is 0 Å². The van der Waals surface area contributed by atoms with Crippen molar-refractivity contribution >= 4 is 17.3 Å². The van der Waals surface area contributed by atoms with Crippen LogP contribution in [0.1, 0.15) is 34.1 Å². The predicted octanol–water partition coefficient (Wildman–Crippen LogP) is 2.41. The smallest absolute Gasteiger partial charge is 0.339 e. The van der Waals surface area contributed by atoms with Crippen LogP contribution in [0.4, 0.5) is 0 Å². The molecule has 2 rings (SSSR count). The highest BCUT2D eigenvalue weighted by Gasteiger charge is 2.21. The van der Waals surface area contributed by atoms with Gasteiger partial charge in [0, 0.05) is 10.3 Å². The minimum atomic E-state index is -0.151. The molecule has 0 aliphatic heterocycles. The van der Waals surface area contributed by atoms with Crippen molar-refractivity contribution in [1.29, 1.82) is 0 Å². The molecule has 2 nitrogen and oxygen atoms in total. The highest BCUT2D eigenvalue weighted by molar-refractivity contribution is 7.10. The number of carbonyl (C=O) groups is 1. The first-order valence-corrected chi connectivity index (χ1v) is 5.47. The molecule has 3 heteroatoms. The van der Waals surface area contributed by atoms with E-state index in [0.717, 1.165) is 18.4 Å². The Morgan fingerprint density at radius 1 is 1.62 bits per heavy atom. The maximum Gasteiger partial charge on any atom is 0.339 e. The van der Waals surface area contributed by atoms with Crippen molar-refractivity contribution in [2.24, 2.45) is 0 Å². The summed E-state index contributed by atoms with van der Waals surface area (Å²) >= 11 is 1.69. The first-order valence-electron chi connectivity index (χ1n) is 4.59. The van der Waals surface area contributed by atoms with E-state index in [4.69, 9.17) is 4.74 Å². The molecule has 0 unspecified atom stereocenters. The van der Waals surface area contributed by atoms with Gasteiger partial charge in [-0.3, -0.25) is 0 Å². The van der Waals surface area contributed by atoms with Gasteiger partial charge in [-0.25, -0.2) is 4.79 Å². The second kappa shape index (κ2) is 3.50. The highest BCUT2D eigenvalue weighted by Crippen LogP contribution is 2.31. The summed E-state index contributed by atoms with van der Waals surface area (Å²) in [5, 5.41) is 1.93. The van der Waals surface area contributed by atoms with E-state index in [2.05, 4.69) is 0 Å². The third-order valence-electron chi connectivity index (χ3n) is 2.31. The quantitative estimate of drug-likeness (QED) is 0.679. The molecule has 0 saturated carbocycles. The predicted molar refractivity (Wildman–Crippen MR) is 52.3 cm³/mol. The molecule has 0 bridgehead atoms. The van der Waals surface area contributed by atoms with Crippen LogP contribution in [0.25, 0.3) is 0 Å². The van der Waals surface area contributed by atoms with Crippen molar-refractivity contribution in [2.45, 2.75) is 26.2 Å². The van der Waals surface area contributed by atoms with Gasteiger partial charge in [-0.05, 0) is 31.7 Å². The van der Waals surface area contributed by atoms with Crippen molar-refractivity contribution in [3.63, 3.8) is 0 Å². The fourth-order valence-corrected chi connectivity index (χ4v) is 2.83. The molecule has 70 valence electrons. The molecular weight excluding hydrogens is 184 g/mol. The molecule has 1 aromatic rings. The van der Waals surface area contributed by atoms with Gasteiger partial charge in [-0.15, -0.1) is 11.3 Å². The van der Waals surface area contributed by atoms with Crippen LogP contribution in [-0.2, 0) is 17.6 Å². The van der Waals surface area contributed by atoms with Crippen LogP contribution in [0.15, 0.2) is 5.38 Å². The molecule has 0 spiro atoms. The Morgan fingerprint density at radius 2 is 2.46 bits per heavy atom. The monoisotopic (exact) mass is 196 g/mol. The van der Waals surface area contributed by atoms with Gasteiger partial charge in [-0.2, -0.15) is 0 Å². The van der Waals surface area contributed by atoms with Gasteiger partial charge in [0.15, 0.2) is 0 Å². The summed E-state index contributed by atoms with van der Waals surface area (Å²) in [5.74, 6) is -0.151. The Balaban J connectivity index is 2.26. The number of carbonyl (C=O) groups excluding carboxylic acids is 1. The maximum atomic E-state index is 11.4. The molecule has 13 heavy (non-hydrogen) atoms. The summed E-state index contributed by atoms with van der Waals surface area (Å²) in [7, 11) is 0. The maximum absolute atomic E-state index is 11.4. The second-order valence-electron chi connectivity index (χ2n) is 3.13. The lowest BCUT2D eigenvalue weighted by Gasteiger charge is -2.00. The van der Waals surface area contributed by atoms with Gasteiger partial charge in [0.05, 0.1) is 12.2 Å². The fraction of sp³-hybridized carbons (Fsp3) is 0.500. The SMILES string of the molecule is CCOC(=O)c1csc2c1CCC2. The molecule has 1 heterocycles. The number of rotatable bonds is 2. The summed E-state index contributed by atoms with van der Waals surface area (Å²) in [6.07, 6.45) is 3.38. The molecule has 0 saturated heterocycles. The Morgan fingerprint density at radius 3 is 3.23 bits per heavy atom. The number of fused-ring (bicyclic) bond motifs is 1. The van der Waals surface area contributed by atoms with Crippen LogP contribution < -0.4 is 0 Å². The molecule has 0 N–H and O–H groups in total. The van der Waals surface area contributed by atoms with E-state index in [1.54, 1.807) is 11.3 Å². The average molecular weight is 196 g/mol. The third-order valence-corrected chi connectivity index (χ3v) is 3.40. The van der Waals surface area contributed by atoms with E-state index >= 15 is 0 Å². The number of ether oxygens (including phenoxy) is 1. The lowest BCUT2D eigenvalue weighted by atomic mass is 10.1. The molecule has 0 atom stereocenters. The van der Waals surface area contributed by atoms with Crippen molar-refractivity contribution in [1.82, 2.24) is 0 Å². The van der Waals surface area contributed by atoms with Crippen LogP contribution in [-0.4, -0.2) is 12.6 Å². The van der Waals surface area contributed by atoms with Gasteiger partial charge >= 0.3 is 5.97 Å². The first-order chi connectivity index (χ1) is 6.33. The largest absolute Gasteiger partial charge is 0.462 e. The van der Waals surface area contributed by atoms with Gasteiger partial charge < -0.3 is 4.74 Å². The van der Waals surface area contributed by atoms with Gasteiger partial charge in [0.2, 0.25) is 0 Å². The van der Waals surface area contributed by atoms with Crippen LogP contribution in [0.5, 0.6) is 0 Å². The number of aryl methyl sites for hydroxylation is 1. The lowest BCUT2D eigenvalue weighted by Crippen LogP contribution is -2.05. The molecule has 0 amide bonds. The van der Waals surface area contributed by atoms with Crippen LogP contribution in [0.2, 0.25) is 0 Å². The van der Waals surface area contributed by atoms with Crippen molar-refractivity contribution in [2.75, 3.05) is 6.61 Å². The molecule has 0 aromatic carbocycles. The molecule has 1 aliphatic rings. The Labute approximate surface area is 81.5 Å². The molecule has 0 fully saturated rings. The van der Waals surface area contributed by atoms with E-state index in [1.165, 1.54) is 16.9 Å². The number of hydrogen-bond acceptors (Lipinski definition) is 3. The zero-order chi connectivity index (χ0) is 9.26. The fourth-order valence-electron chi connectivity index (χ4n) is 1.71. The Bertz CT molecular complexity index is 328. The minimum Gasteiger partial charge on any atom is -0.462 e. The highest BCUT2D eigenvalue weighted by atomic mass is 32.1. The zero-order valence-corrected chi connectivity index (χ0v) is 8.45. The summed E-state index contributed by atoms with van der Waals surface area (Å²) in [6, 6.07) is 0. The normalized spacial score (nSPS) is 14.2. The first kappa shape index (κ1) is 8.75.